The fourth-order valence-corrected chi connectivity index (χ4v) is 2.95. The van der Waals surface area contributed by atoms with Crippen LogP contribution in [0.25, 0.3) is 10.6 Å². The molecule has 1 aromatic carbocycles. The van der Waals surface area contributed by atoms with E-state index in [4.69, 9.17) is 0 Å². The maximum absolute atomic E-state index is 12.4. The monoisotopic (exact) mass is 322 g/mol. The van der Waals surface area contributed by atoms with Gasteiger partial charge in [0.1, 0.15) is 17.3 Å². The Morgan fingerprint density at radius 2 is 2.04 bits per heavy atom. The number of hydrogen-bond donors (Lipinski definition) is 1. The van der Waals surface area contributed by atoms with Crippen molar-refractivity contribution in [3.8, 4) is 16.6 Å². The van der Waals surface area contributed by atoms with Crippen molar-refractivity contribution in [3.63, 3.8) is 0 Å². The van der Waals surface area contributed by atoms with Gasteiger partial charge in [-0.05, 0) is 17.0 Å². The molecule has 6 heteroatoms. The smallest absolute Gasteiger partial charge is 0.273 e. The Morgan fingerprint density at radius 1 is 1.26 bits per heavy atom. The highest BCUT2D eigenvalue weighted by molar-refractivity contribution is 7.13. The number of anilines is 1. The van der Waals surface area contributed by atoms with E-state index in [1.54, 1.807) is 7.05 Å². The van der Waals surface area contributed by atoms with E-state index in [0.29, 0.717) is 18.2 Å². The van der Waals surface area contributed by atoms with E-state index in [0.717, 1.165) is 10.4 Å². The summed E-state index contributed by atoms with van der Waals surface area (Å²) in [7, 11) is 1.61. The first-order valence-corrected chi connectivity index (χ1v) is 7.91. The summed E-state index contributed by atoms with van der Waals surface area (Å²) < 4.78 is 1.37. The zero-order chi connectivity index (χ0) is 16.2. The number of benzene rings is 1. The molecule has 0 aliphatic rings. The van der Waals surface area contributed by atoms with Gasteiger partial charge >= 0.3 is 0 Å². The molecule has 0 spiro atoms. The zero-order valence-electron chi connectivity index (χ0n) is 12.5. The summed E-state index contributed by atoms with van der Waals surface area (Å²) in [5.74, 6) is 0.446. The summed E-state index contributed by atoms with van der Waals surface area (Å²) in [4.78, 5) is 17.7. The number of rotatable bonds is 4. The lowest BCUT2D eigenvalue weighted by Crippen LogP contribution is -2.25. The SMILES string of the molecule is Cn1c(NCc2ccccc2)nc(-c2cccs2)c(C#N)c1=O. The number of hydrogen-bond acceptors (Lipinski definition) is 5. The normalized spacial score (nSPS) is 10.3. The van der Waals surface area contributed by atoms with Gasteiger partial charge < -0.3 is 5.32 Å². The van der Waals surface area contributed by atoms with Gasteiger partial charge in [0.05, 0.1) is 4.88 Å². The topological polar surface area (TPSA) is 70.7 Å². The molecule has 5 nitrogen and oxygen atoms in total. The Balaban J connectivity index is 2.01. The van der Waals surface area contributed by atoms with Gasteiger partial charge in [-0.1, -0.05) is 36.4 Å². The van der Waals surface area contributed by atoms with Crippen molar-refractivity contribution in [2.75, 3.05) is 5.32 Å². The van der Waals surface area contributed by atoms with Crippen molar-refractivity contribution in [1.29, 1.82) is 5.26 Å². The van der Waals surface area contributed by atoms with Crippen molar-refractivity contribution in [2.45, 2.75) is 6.54 Å². The van der Waals surface area contributed by atoms with Crippen LogP contribution in [0.1, 0.15) is 11.1 Å². The summed E-state index contributed by atoms with van der Waals surface area (Å²) in [5.41, 5.74) is 1.24. The van der Waals surface area contributed by atoms with E-state index < -0.39 is 0 Å². The first-order valence-electron chi connectivity index (χ1n) is 7.03. The third-order valence-electron chi connectivity index (χ3n) is 3.45. The zero-order valence-corrected chi connectivity index (χ0v) is 13.3. The minimum atomic E-state index is -0.346. The number of thiophene rings is 1. The number of aromatic nitrogens is 2. The molecule has 0 saturated carbocycles. The summed E-state index contributed by atoms with van der Waals surface area (Å²) in [6.45, 7) is 0.552. The summed E-state index contributed by atoms with van der Waals surface area (Å²) in [6, 6.07) is 15.6. The van der Waals surface area contributed by atoms with Crippen molar-refractivity contribution in [2.24, 2.45) is 7.05 Å². The van der Waals surface area contributed by atoms with Crippen molar-refractivity contribution >= 4 is 17.3 Å². The molecular weight excluding hydrogens is 308 g/mol. The largest absolute Gasteiger partial charge is 0.351 e. The van der Waals surface area contributed by atoms with E-state index in [-0.39, 0.29) is 11.1 Å². The van der Waals surface area contributed by atoms with Crippen molar-refractivity contribution in [3.05, 3.63) is 69.3 Å². The molecule has 0 atom stereocenters. The van der Waals surface area contributed by atoms with E-state index in [2.05, 4.69) is 10.3 Å². The molecule has 114 valence electrons. The van der Waals surface area contributed by atoms with Crippen LogP contribution in [0.2, 0.25) is 0 Å². The Morgan fingerprint density at radius 3 is 2.70 bits per heavy atom. The highest BCUT2D eigenvalue weighted by atomic mass is 32.1. The summed E-state index contributed by atoms with van der Waals surface area (Å²) >= 11 is 1.45. The van der Waals surface area contributed by atoms with Gasteiger partial charge in [-0.2, -0.15) is 5.26 Å². The highest BCUT2D eigenvalue weighted by Crippen LogP contribution is 2.25. The van der Waals surface area contributed by atoms with E-state index in [1.165, 1.54) is 15.9 Å². The van der Waals surface area contributed by atoms with Crippen LogP contribution in [0.5, 0.6) is 0 Å². The molecule has 0 amide bonds. The maximum atomic E-state index is 12.4. The predicted molar refractivity (Wildman–Crippen MR) is 91.3 cm³/mol. The molecule has 0 aliphatic heterocycles. The number of nitriles is 1. The Hall–Kier alpha value is -2.91. The first-order chi connectivity index (χ1) is 11.2. The van der Waals surface area contributed by atoms with Crippen LogP contribution >= 0.6 is 11.3 Å². The molecule has 0 radical (unpaired) electrons. The lowest BCUT2D eigenvalue weighted by atomic mass is 10.2. The predicted octanol–water partition coefficient (Wildman–Crippen LogP) is 2.99. The summed E-state index contributed by atoms with van der Waals surface area (Å²) in [5, 5.41) is 14.4. The van der Waals surface area contributed by atoms with Crippen LogP contribution in [0, 0.1) is 11.3 Å². The van der Waals surface area contributed by atoms with Crippen LogP contribution < -0.4 is 10.9 Å². The van der Waals surface area contributed by atoms with Gasteiger partial charge in [0.2, 0.25) is 5.95 Å². The van der Waals surface area contributed by atoms with Gasteiger partial charge in [0.25, 0.3) is 5.56 Å². The second-order valence-corrected chi connectivity index (χ2v) is 5.90. The highest BCUT2D eigenvalue weighted by Gasteiger charge is 2.16. The molecule has 0 aliphatic carbocycles. The van der Waals surface area contributed by atoms with Crippen LogP contribution in [0.15, 0.2) is 52.6 Å². The lowest BCUT2D eigenvalue weighted by molar-refractivity contribution is 0.819. The van der Waals surface area contributed by atoms with Gasteiger partial charge in [0, 0.05) is 13.6 Å². The van der Waals surface area contributed by atoms with E-state index in [1.807, 2.05) is 53.9 Å². The van der Waals surface area contributed by atoms with Crippen molar-refractivity contribution in [1.82, 2.24) is 9.55 Å². The van der Waals surface area contributed by atoms with Crippen LogP contribution in [-0.2, 0) is 13.6 Å². The Kier molecular flexibility index (Phi) is 4.22. The average molecular weight is 322 g/mol. The molecule has 0 unspecified atom stereocenters. The van der Waals surface area contributed by atoms with Crippen LogP contribution in [0.4, 0.5) is 5.95 Å². The third kappa shape index (κ3) is 3.00. The Bertz CT molecular complexity index is 908. The maximum Gasteiger partial charge on any atom is 0.273 e. The fourth-order valence-electron chi connectivity index (χ4n) is 2.23. The number of nitrogens with zero attached hydrogens (tertiary/aromatic N) is 3. The molecule has 0 saturated heterocycles. The molecular formula is C17H14N4OS. The van der Waals surface area contributed by atoms with E-state index >= 15 is 0 Å². The van der Waals surface area contributed by atoms with Gasteiger partial charge in [-0.3, -0.25) is 9.36 Å². The third-order valence-corrected chi connectivity index (χ3v) is 4.33. The molecule has 23 heavy (non-hydrogen) atoms. The Labute approximate surface area is 137 Å². The summed E-state index contributed by atoms with van der Waals surface area (Å²) in [6.07, 6.45) is 0. The molecule has 1 N–H and O–H groups in total. The average Bonchev–Trinajstić information content (AvgIpc) is 3.11. The molecule has 3 aromatic rings. The molecule has 0 fully saturated rings. The first kappa shape index (κ1) is 15.0. The van der Waals surface area contributed by atoms with Gasteiger partial charge in [-0.15, -0.1) is 11.3 Å². The molecule has 2 heterocycles. The second-order valence-electron chi connectivity index (χ2n) is 4.95. The number of nitrogens with one attached hydrogen (secondary N) is 1. The molecule has 2 aromatic heterocycles. The minimum absolute atomic E-state index is 0.0696. The quantitative estimate of drug-likeness (QED) is 0.801. The fraction of sp³-hybridized carbons (Fsp3) is 0.118. The standard InChI is InChI=1S/C17H14N4OS/c1-21-16(22)13(10-18)15(14-8-5-9-23-14)20-17(21)19-11-12-6-3-2-4-7-12/h2-9H,11H2,1H3,(H,19,20). The van der Waals surface area contributed by atoms with Crippen LogP contribution in [-0.4, -0.2) is 9.55 Å². The van der Waals surface area contributed by atoms with Gasteiger partial charge in [-0.25, -0.2) is 4.98 Å². The second kappa shape index (κ2) is 6.46. The lowest BCUT2D eigenvalue weighted by Gasteiger charge is -2.12. The molecule has 0 bridgehead atoms. The molecule has 3 rings (SSSR count). The van der Waals surface area contributed by atoms with Crippen molar-refractivity contribution < 1.29 is 0 Å². The van der Waals surface area contributed by atoms with E-state index in [9.17, 15) is 10.1 Å². The minimum Gasteiger partial charge on any atom is -0.351 e. The van der Waals surface area contributed by atoms with Crippen LogP contribution in [0.3, 0.4) is 0 Å². The van der Waals surface area contributed by atoms with Gasteiger partial charge in [0.15, 0.2) is 0 Å².